The van der Waals surface area contributed by atoms with Gasteiger partial charge in [0.1, 0.15) is 0 Å². The molecule has 0 bridgehead atoms. The molecule has 0 amide bonds. The summed E-state index contributed by atoms with van der Waals surface area (Å²) < 4.78 is 0. The van der Waals surface area contributed by atoms with Crippen molar-refractivity contribution in [1.82, 2.24) is 0 Å². The number of rotatable bonds is 3. The first-order chi connectivity index (χ1) is 8.29. The Morgan fingerprint density at radius 1 is 0.765 bits per heavy atom. The van der Waals surface area contributed by atoms with Crippen molar-refractivity contribution in [2.75, 3.05) is 0 Å². The van der Waals surface area contributed by atoms with Crippen LogP contribution in [0, 0.1) is 23.7 Å². The Morgan fingerprint density at radius 3 is 2.12 bits per heavy atom. The third kappa shape index (κ3) is 4.00. The number of hydrogen-bond acceptors (Lipinski definition) is 0. The van der Waals surface area contributed by atoms with E-state index in [0.29, 0.717) is 0 Å². The summed E-state index contributed by atoms with van der Waals surface area (Å²) in [5.74, 6) is 4.30. The summed E-state index contributed by atoms with van der Waals surface area (Å²) in [6.45, 7) is 4.80. The van der Waals surface area contributed by atoms with Crippen LogP contribution in [-0.4, -0.2) is 0 Å². The largest absolute Gasteiger partial charge is 0.0654 e. The molecule has 2 saturated carbocycles. The molecular weight excluding hydrogens is 204 g/mol. The predicted octanol–water partition coefficient (Wildman–Crippen LogP) is 5.81. The second kappa shape index (κ2) is 6.81. The maximum absolute atomic E-state index is 2.46. The van der Waals surface area contributed by atoms with Crippen molar-refractivity contribution in [1.29, 1.82) is 0 Å². The molecule has 0 N–H and O–H groups in total. The minimum atomic E-state index is 1.01. The second-order valence-corrected chi connectivity index (χ2v) is 6.94. The molecule has 100 valence electrons. The van der Waals surface area contributed by atoms with E-state index in [4.69, 9.17) is 0 Å². The van der Waals surface area contributed by atoms with Crippen molar-refractivity contribution in [3.63, 3.8) is 0 Å². The van der Waals surface area contributed by atoms with Gasteiger partial charge in [-0.15, -0.1) is 0 Å². The van der Waals surface area contributed by atoms with Crippen LogP contribution in [0.3, 0.4) is 0 Å². The van der Waals surface area contributed by atoms with Gasteiger partial charge in [-0.05, 0) is 42.9 Å². The molecule has 0 aliphatic heterocycles. The SMILES string of the molecule is CCCC1CCC(C2CCCC(C)CC2)CC1. The van der Waals surface area contributed by atoms with Crippen LogP contribution < -0.4 is 0 Å². The zero-order chi connectivity index (χ0) is 12.1. The first-order valence-corrected chi connectivity index (χ1v) is 8.29. The fourth-order valence-corrected chi connectivity index (χ4v) is 4.34. The van der Waals surface area contributed by atoms with Crippen molar-refractivity contribution in [3.8, 4) is 0 Å². The van der Waals surface area contributed by atoms with E-state index >= 15 is 0 Å². The molecule has 0 spiro atoms. The maximum Gasteiger partial charge on any atom is -0.0386 e. The van der Waals surface area contributed by atoms with Gasteiger partial charge in [-0.3, -0.25) is 0 Å². The first kappa shape index (κ1) is 13.4. The molecule has 0 aromatic rings. The predicted molar refractivity (Wildman–Crippen MR) is 76.1 cm³/mol. The zero-order valence-corrected chi connectivity index (χ0v) is 12.1. The van der Waals surface area contributed by atoms with Crippen LogP contribution >= 0.6 is 0 Å². The van der Waals surface area contributed by atoms with Crippen LogP contribution in [0.15, 0.2) is 0 Å². The fourth-order valence-electron chi connectivity index (χ4n) is 4.34. The lowest BCUT2D eigenvalue weighted by Crippen LogP contribution is -2.21. The Balaban J connectivity index is 1.75. The molecule has 0 aromatic heterocycles. The minimum Gasteiger partial charge on any atom is -0.0654 e. The van der Waals surface area contributed by atoms with Crippen LogP contribution in [0.2, 0.25) is 0 Å². The third-order valence-corrected chi connectivity index (χ3v) is 5.56. The minimum absolute atomic E-state index is 1.01. The summed E-state index contributed by atoms with van der Waals surface area (Å²) in [4.78, 5) is 0. The molecule has 2 atom stereocenters. The quantitative estimate of drug-likeness (QED) is 0.542. The summed E-state index contributed by atoms with van der Waals surface area (Å²) in [6.07, 6.45) is 16.7. The van der Waals surface area contributed by atoms with E-state index in [1.807, 2.05) is 0 Å². The summed E-state index contributed by atoms with van der Waals surface area (Å²) in [5.41, 5.74) is 0. The van der Waals surface area contributed by atoms with Gasteiger partial charge < -0.3 is 0 Å². The molecule has 0 saturated heterocycles. The van der Waals surface area contributed by atoms with E-state index in [1.54, 1.807) is 38.5 Å². The van der Waals surface area contributed by atoms with E-state index in [1.165, 1.54) is 32.1 Å². The van der Waals surface area contributed by atoms with Crippen LogP contribution in [0.25, 0.3) is 0 Å². The average molecular weight is 236 g/mol. The Hall–Kier alpha value is 0. The monoisotopic (exact) mass is 236 g/mol. The highest BCUT2D eigenvalue weighted by Gasteiger charge is 2.28. The molecule has 0 radical (unpaired) electrons. The molecule has 2 aliphatic carbocycles. The summed E-state index contributed by atoms with van der Waals surface area (Å²) >= 11 is 0. The highest BCUT2D eigenvalue weighted by Crippen LogP contribution is 2.41. The fraction of sp³-hybridized carbons (Fsp3) is 1.00. The van der Waals surface area contributed by atoms with Crippen LogP contribution in [0.1, 0.15) is 84.5 Å². The van der Waals surface area contributed by atoms with E-state index in [-0.39, 0.29) is 0 Å². The molecule has 0 nitrogen and oxygen atoms in total. The van der Waals surface area contributed by atoms with Gasteiger partial charge in [-0.1, -0.05) is 65.2 Å². The molecular formula is C17H32. The van der Waals surface area contributed by atoms with Gasteiger partial charge in [0.05, 0.1) is 0 Å². The van der Waals surface area contributed by atoms with Gasteiger partial charge in [-0.2, -0.15) is 0 Å². The lowest BCUT2D eigenvalue weighted by Gasteiger charge is -2.33. The molecule has 2 unspecified atom stereocenters. The maximum atomic E-state index is 2.46. The molecule has 0 heterocycles. The molecule has 2 rings (SSSR count). The topological polar surface area (TPSA) is 0 Å². The summed E-state index contributed by atoms with van der Waals surface area (Å²) in [5, 5.41) is 0. The Kier molecular flexibility index (Phi) is 5.38. The normalized spacial score (nSPS) is 39.9. The third-order valence-electron chi connectivity index (χ3n) is 5.56. The standard InChI is InChI=1S/C17H32/c1-3-5-15-9-12-17(13-10-15)16-7-4-6-14(2)8-11-16/h14-17H,3-13H2,1-2H3. The van der Waals surface area contributed by atoms with Crippen LogP contribution in [0.4, 0.5) is 0 Å². The van der Waals surface area contributed by atoms with Crippen molar-refractivity contribution >= 4 is 0 Å². The van der Waals surface area contributed by atoms with E-state index < -0.39 is 0 Å². The molecule has 2 fully saturated rings. The second-order valence-electron chi connectivity index (χ2n) is 6.94. The van der Waals surface area contributed by atoms with Crippen molar-refractivity contribution in [2.24, 2.45) is 23.7 Å². The van der Waals surface area contributed by atoms with E-state index in [2.05, 4.69) is 13.8 Å². The molecule has 0 aromatic carbocycles. The smallest absolute Gasteiger partial charge is 0.0386 e. The van der Waals surface area contributed by atoms with Crippen LogP contribution in [-0.2, 0) is 0 Å². The van der Waals surface area contributed by atoms with Gasteiger partial charge in [-0.25, -0.2) is 0 Å². The summed E-state index contributed by atoms with van der Waals surface area (Å²) in [6, 6.07) is 0. The van der Waals surface area contributed by atoms with E-state index in [0.717, 1.165) is 23.7 Å². The van der Waals surface area contributed by atoms with Crippen molar-refractivity contribution in [3.05, 3.63) is 0 Å². The van der Waals surface area contributed by atoms with Gasteiger partial charge in [0.25, 0.3) is 0 Å². The van der Waals surface area contributed by atoms with Crippen molar-refractivity contribution in [2.45, 2.75) is 84.5 Å². The highest BCUT2D eigenvalue weighted by atomic mass is 14.3. The first-order valence-electron chi connectivity index (χ1n) is 8.29. The van der Waals surface area contributed by atoms with Crippen molar-refractivity contribution < 1.29 is 0 Å². The lowest BCUT2D eigenvalue weighted by molar-refractivity contribution is 0.182. The van der Waals surface area contributed by atoms with Gasteiger partial charge in [0.2, 0.25) is 0 Å². The molecule has 17 heavy (non-hydrogen) atoms. The van der Waals surface area contributed by atoms with Gasteiger partial charge in [0, 0.05) is 0 Å². The number of hydrogen-bond donors (Lipinski definition) is 0. The average Bonchev–Trinajstić information content (AvgIpc) is 2.56. The summed E-state index contributed by atoms with van der Waals surface area (Å²) in [7, 11) is 0. The highest BCUT2D eigenvalue weighted by molar-refractivity contribution is 4.80. The Morgan fingerprint density at radius 2 is 1.41 bits per heavy atom. The van der Waals surface area contributed by atoms with Gasteiger partial charge in [0.15, 0.2) is 0 Å². The Labute approximate surface area is 109 Å². The zero-order valence-electron chi connectivity index (χ0n) is 12.1. The lowest BCUT2D eigenvalue weighted by atomic mass is 9.72. The van der Waals surface area contributed by atoms with E-state index in [9.17, 15) is 0 Å². The van der Waals surface area contributed by atoms with Gasteiger partial charge >= 0.3 is 0 Å². The Bertz CT molecular complexity index is 200. The van der Waals surface area contributed by atoms with Crippen LogP contribution in [0.5, 0.6) is 0 Å². The molecule has 0 heteroatoms. The molecule has 2 aliphatic rings.